The molecule has 0 bridgehead atoms. The first-order valence-corrected chi connectivity index (χ1v) is 7.76. The van der Waals surface area contributed by atoms with Gasteiger partial charge in [-0.1, -0.05) is 20.8 Å². The smallest absolute Gasteiger partial charge is 0.416 e. The normalized spacial score (nSPS) is 16.2. The lowest BCUT2D eigenvalue weighted by Gasteiger charge is -2.35. The zero-order valence-corrected chi connectivity index (χ0v) is 14.1. The molecule has 134 valence electrons. The molecule has 1 fully saturated rings. The van der Waals surface area contributed by atoms with Gasteiger partial charge < -0.3 is 14.5 Å². The van der Waals surface area contributed by atoms with Crippen molar-refractivity contribution in [1.82, 2.24) is 9.88 Å². The van der Waals surface area contributed by atoms with E-state index in [2.05, 4.69) is 4.98 Å². The standard InChI is InChI=1S/C16H22F3N3O2/c1-15(2,3)11-24-14(23)22-8-6-21(7-9-22)13-10-12(4-5-20-13)16(17,18)19/h4-5,10H,6-9,11H2,1-3H3. The summed E-state index contributed by atoms with van der Waals surface area (Å²) in [5.41, 5.74) is -0.834. The van der Waals surface area contributed by atoms with Crippen LogP contribution in [0, 0.1) is 5.41 Å². The van der Waals surface area contributed by atoms with Crippen LogP contribution in [0.4, 0.5) is 23.8 Å². The average molecular weight is 345 g/mol. The number of amides is 1. The molecule has 2 rings (SSSR count). The maximum atomic E-state index is 12.8. The summed E-state index contributed by atoms with van der Waals surface area (Å²) < 4.78 is 43.6. The summed E-state index contributed by atoms with van der Waals surface area (Å²) in [4.78, 5) is 19.3. The number of alkyl halides is 3. The zero-order valence-electron chi connectivity index (χ0n) is 14.1. The third-order valence-electron chi connectivity index (χ3n) is 3.56. The summed E-state index contributed by atoms with van der Waals surface area (Å²) in [6.07, 6.45) is -3.63. The van der Waals surface area contributed by atoms with Gasteiger partial charge in [-0.25, -0.2) is 9.78 Å². The molecule has 0 spiro atoms. The summed E-state index contributed by atoms with van der Waals surface area (Å²) in [5, 5.41) is 0. The topological polar surface area (TPSA) is 45.7 Å². The third-order valence-corrected chi connectivity index (χ3v) is 3.56. The predicted octanol–water partition coefficient (Wildman–Crippen LogP) is 3.41. The van der Waals surface area contributed by atoms with Gasteiger partial charge in [0, 0.05) is 32.4 Å². The van der Waals surface area contributed by atoms with E-state index in [1.807, 2.05) is 20.8 Å². The molecule has 0 radical (unpaired) electrons. The Morgan fingerprint density at radius 1 is 1.21 bits per heavy atom. The van der Waals surface area contributed by atoms with E-state index in [1.165, 1.54) is 0 Å². The summed E-state index contributed by atoms with van der Waals surface area (Å²) in [6, 6.07) is 1.98. The molecule has 0 unspecified atom stereocenters. The molecule has 0 aromatic carbocycles. The lowest BCUT2D eigenvalue weighted by atomic mass is 9.99. The molecule has 1 amide bonds. The molecule has 1 saturated heterocycles. The van der Waals surface area contributed by atoms with Crippen LogP contribution in [-0.2, 0) is 10.9 Å². The molecule has 0 saturated carbocycles. The van der Waals surface area contributed by atoms with Crippen molar-refractivity contribution >= 4 is 11.9 Å². The fourth-order valence-electron chi connectivity index (χ4n) is 2.26. The van der Waals surface area contributed by atoms with Crippen molar-refractivity contribution in [3.8, 4) is 0 Å². The minimum Gasteiger partial charge on any atom is -0.449 e. The maximum absolute atomic E-state index is 12.8. The van der Waals surface area contributed by atoms with Crippen molar-refractivity contribution in [3.05, 3.63) is 23.9 Å². The first kappa shape index (κ1) is 18.4. The summed E-state index contributed by atoms with van der Waals surface area (Å²) >= 11 is 0. The monoisotopic (exact) mass is 345 g/mol. The first-order chi connectivity index (χ1) is 11.1. The van der Waals surface area contributed by atoms with E-state index < -0.39 is 11.7 Å². The van der Waals surface area contributed by atoms with Crippen molar-refractivity contribution in [2.75, 3.05) is 37.7 Å². The van der Waals surface area contributed by atoms with Crippen molar-refractivity contribution < 1.29 is 22.7 Å². The van der Waals surface area contributed by atoms with E-state index in [0.717, 1.165) is 18.3 Å². The molecular weight excluding hydrogens is 323 g/mol. The largest absolute Gasteiger partial charge is 0.449 e. The van der Waals surface area contributed by atoms with E-state index in [9.17, 15) is 18.0 Å². The molecule has 0 N–H and O–H groups in total. The number of piperazine rings is 1. The van der Waals surface area contributed by atoms with Crippen LogP contribution in [0.25, 0.3) is 0 Å². The molecular formula is C16H22F3N3O2. The van der Waals surface area contributed by atoms with Gasteiger partial charge in [-0.05, 0) is 17.5 Å². The highest BCUT2D eigenvalue weighted by molar-refractivity contribution is 5.68. The Labute approximate surface area is 139 Å². The Bertz CT molecular complexity index is 577. The summed E-state index contributed by atoms with van der Waals surface area (Å²) in [6.45, 7) is 7.84. The number of halogens is 3. The van der Waals surface area contributed by atoms with Gasteiger partial charge in [-0.15, -0.1) is 0 Å². The highest BCUT2D eigenvalue weighted by Gasteiger charge is 2.32. The summed E-state index contributed by atoms with van der Waals surface area (Å²) in [7, 11) is 0. The second-order valence-corrected chi connectivity index (χ2v) is 6.99. The first-order valence-electron chi connectivity index (χ1n) is 7.76. The van der Waals surface area contributed by atoms with Crippen LogP contribution in [-0.4, -0.2) is 48.8 Å². The molecule has 5 nitrogen and oxygen atoms in total. The predicted molar refractivity (Wildman–Crippen MR) is 83.8 cm³/mol. The average Bonchev–Trinajstić information content (AvgIpc) is 2.51. The van der Waals surface area contributed by atoms with E-state index >= 15 is 0 Å². The van der Waals surface area contributed by atoms with Crippen molar-refractivity contribution in [3.63, 3.8) is 0 Å². The van der Waals surface area contributed by atoms with Gasteiger partial charge in [-0.3, -0.25) is 0 Å². The van der Waals surface area contributed by atoms with Crippen LogP contribution in [0.3, 0.4) is 0 Å². The molecule has 0 aliphatic carbocycles. The van der Waals surface area contributed by atoms with E-state index in [4.69, 9.17) is 4.74 Å². The molecule has 8 heteroatoms. The van der Waals surface area contributed by atoms with Crippen LogP contribution >= 0.6 is 0 Å². The van der Waals surface area contributed by atoms with Crippen LogP contribution in [0.2, 0.25) is 0 Å². The number of anilines is 1. The maximum Gasteiger partial charge on any atom is 0.416 e. The van der Waals surface area contributed by atoms with Crippen LogP contribution in [0.5, 0.6) is 0 Å². The Morgan fingerprint density at radius 3 is 2.38 bits per heavy atom. The van der Waals surface area contributed by atoms with Gasteiger partial charge in [0.05, 0.1) is 12.2 Å². The molecule has 1 aliphatic heterocycles. The second-order valence-electron chi connectivity index (χ2n) is 6.99. The number of hydrogen-bond acceptors (Lipinski definition) is 4. The highest BCUT2D eigenvalue weighted by Crippen LogP contribution is 2.30. The number of carbonyl (C=O) groups is 1. The van der Waals surface area contributed by atoms with Gasteiger partial charge in [0.2, 0.25) is 0 Å². The molecule has 2 heterocycles. The van der Waals surface area contributed by atoms with Crippen molar-refractivity contribution in [2.24, 2.45) is 5.41 Å². The molecule has 24 heavy (non-hydrogen) atoms. The number of carbonyl (C=O) groups excluding carboxylic acids is 1. The Hall–Kier alpha value is -1.99. The van der Waals surface area contributed by atoms with E-state index in [1.54, 1.807) is 9.80 Å². The zero-order chi connectivity index (χ0) is 18.0. The Balaban J connectivity index is 1.92. The molecule has 1 aromatic heterocycles. The number of rotatable bonds is 2. The Morgan fingerprint density at radius 2 is 1.83 bits per heavy atom. The number of aromatic nitrogens is 1. The quantitative estimate of drug-likeness (QED) is 0.824. The van der Waals surface area contributed by atoms with Gasteiger partial charge in [-0.2, -0.15) is 13.2 Å². The number of hydrogen-bond donors (Lipinski definition) is 0. The minimum absolute atomic E-state index is 0.112. The molecule has 0 atom stereocenters. The number of ether oxygens (including phenoxy) is 1. The van der Waals surface area contributed by atoms with Gasteiger partial charge in [0.25, 0.3) is 0 Å². The van der Waals surface area contributed by atoms with Crippen molar-refractivity contribution in [1.29, 1.82) is 0 Å². The van der Waals surface area contributed by atoms with E-state index in [-0.39, 0.29) is 17.3 Å². The fraction of sp³-hybridized carbons (Fsp3) is 0.625. The number of pyridine rings is 1. The van der Waals surface area contributed by atoms with Gasteiger partial charge in [0.15, 0.2) is 0 Å². The Kier molecular flexibility index (Phi) is 5.25. The van der Waals surface area contributed by atoms with Gasteiger partial charge >= 0.3 is 12.3 Å². The van der Waals surface area contributed by atoms with Gasteiger partial charge in [0.1, 0.15) is 5.82 Å². The lowest BCUT2D eigenvalue weighted by Crippen LogP contribution is -2.49. The second kappa shape index (κ2) is 6.86. The SMILES string of the molecule is CC(C)(C)COC(=O)N1CCN(c2cc(C(F)(F)F)ccn2)CC1. The number of nitrogens with zero attached hydrogens (tertiary/aromatic N) is 3. The van der Waals surface area contributed by atoms with Crippen LogP contribution in [0.1, 0.15) is 26.3 Å². The van der Waals surface area contributed by atoms with E-state index in [0.29, 0.717) is 32.8 Å². The van der Waals surface area contributed by atoms with Crippen LogP contribution < -0.4 is 4.90 Å². The van der Waals surface area contributed by atoms with Crippen LogP contribution in [0.15, 0.2) is 18.3 Å². The molecule has 1 aliphatic rings. The fourth-order valence-corrected chi connectivity index (χ4v) is 2.26. The lowest BCUT2D eigenvalue weighted by molar-refractivity contribution is -0.137. The highest BCUT2D eigenvalue weighted by atomic mass is 19.4. The third kappa shape index (κ3) is 5.01. The molecule has 1 aromatic rings. The minimum atomic E-state index is -4.39. The summed E-state index contributed by atoms with van der Waals surface area (Å²) in [5.74, 6) is 0.271. The van der Waals surface area contributed by atoms with Crippen molar-refractivity contribution in [2.45, 2.75) is 26.9 Å².